The van der Waals surface area contributed by atoms with Crippen LogP contribution in [0.4, 0.5) is 0 Å². The van der Waals surface area contributed by atoms with Crippen LogP contribution in [0.3, 0.4) is 0 Å². The van der Waals surface area contributed by atoms with Crippen molar-refractivity contribution in [2.75, 3.05) is 28.4 Å². The van der Waals surface area contributed by atoms with Gasteiger partial charge in [0.2, 0.25) is 5.75 Å². The number of fused-ring (bicyclic) bond motifs is 1. The number of hydrogen-bond acceptors (Lipinski definition) is 5. The van der Waals surface area contributed by atoms with E-state index >= 15 is 0 Å². The molecule has 0 saturated heterocycles. The predicted molar refractivity (Wildman–Crippen MR) is 130 cm³/mol. The predicted octanol–water partition coefficient (Wildman–Crippen LogP) is 4.25. The number of furan rings is 1. The number of hydrogen-bond donors (Lipinski definition) is 2. The summed E-state index contributed by atoms with van der Waals surface area (Å²) in [5, 5.41) is 7.72. The number of aliphatic imine (C=N–C) groups is 1. The third-order valence-electron chi connectivity index (χ3n) is 4.81. The molecular formula is C22H28IN3O4. The van der Waals surface area contributed by atoms with Gasteiger partial charge in [-0.05, 0) is 25.1 Å². The molecule has 0 fully saturated rings. The van der Waals surface area contributed by atoms with Crippen LogP contribution >= 0.6 is 24.0 Å². The number of ether oxygens (including phenoxy) is 3. The molecule has 162 valence electrons. The molecule has 1 aromatic heterocycles. The van der Waals surface area contributed by atoms with Gasteiger partial charge in [-0.15, -0.1) is 24.0 Å². The lowest BCUT2D eigenvalue weighted by atomic mass is 10.1. The van der Waals surface area contributed by atoms with E-state index in [1.165, 1.54) is 0 Å². The lowest BCUT2D eigenvalue weighted by molar-refractivity contribution is 0.322. The first-order chi connectivity index (χ1) is 14.1. The van der Waals surface area contributed by atoms with Gasteiger partial charge in [-0.25, -0.2) is 0 Å². The van der Waals surface area contributed by atoms with Crippen LogP contribution in [-0.2, 0) is 13.1 Å². The maximum absolute atomic E-state index is 5.95. The molecule has 0 aliphatic rings. The average Bonchev–Trinajstić information content (AvgIpc) is 3.08. The number of para-hydroxylation sites is 1. The normalized spacial score (nSPS) is 11.0. The highest BCUT2D eigenvalue weighted by Gasteiger charge is 2.16. The van der Waals surface area contributed by atoms with Crippen LogP contribution < -0.4 is 24.8 Å². The molecule has 3 aromatic rings. The van der Waals surface area contributed by atoms with Crippen molar-refractivity contribution in [2.24, 2.45) is 4.99 Å². The van der Waals surface area contributed by atoms with Crippen LogP contribution in [0.15, 0.2) is 45.8 Å². The summed E-state index contributed by atoms with van der Waals surface area (Å²) in [6.45, 7) is 3.10. The first-order valence-corrected chi connectivity index (χ1v) is 9.32. The molecule has 0 bridgehead atoms. The number of guanidine groups is 1. The molecule has 0 radical (unpaired) electrons. The fraction of sp³-hybridized carbons (Fsp3) is 0.318. The highest BCUT2D eigenvalue weighted by Crippen LogP contribution is 2.39. The Morgan fingerprint density at radius 2 is 1.63 bits per heavy atom. The highest BCUT2D eigenvalue weighted by molar-refractivity contribution is 14.0. The Balaban J connectivity index is 0.00000320. The second kappa shape index (κ2) is 11.0. The summed E-state index contributed by atoms with van der Waals surface area (Å²) < 4.78 is 22.3. The van der Waals surface area contributed by atoms with Crippen molar-refractivity contribution in [3.05, 3.63) is 53.3 Å². The summed E-state index contributed by atoms with van der Waals surface area (Å²) in [6.07, 6.45) is 0. The maximum atomic E-state index is 5.95. The van der Waals surface area contributed by atoms with E-state index in [9.17, 15) is 0 Å². The Kier molecular flexibility index (Phi) is 8.64. The van der Waals surface area contributed by atoms with E-state index in [1.807, 2.05) is 30.3 Å². The second-order valence-corrected chi connectivity index (χ2v) is 6.42. The van der Waals surface area contributed by atoms with Crippen LogP contribution in [0.5, 0.6) is 17.2 Å². The van der Waals surface area contributed by atoms with Gasteiger partial charge in [-0.2, -0.15) is 0 Å². The van der Waals surface area contributed by atoms with E-state index in [-0.39, 0.29) is 24.0 Å². The summed E-state index contributed by atoms with van der Waals surface area (Å²) in [6, 6.07) is 11.8. The van der Waals surface area contributed by atoms with Gasteiger partial charge in [0.15, 0.2) is 17.5 Å². The maximum Gasteiger partial charge on any atom is 0.203 e. The molecule has 0 unspecified atom stereocenters. The summed E-state index contributed by atoms with van der Waals surface area (Å²) in [5.74, 6) is 3.36. The number of rotatable bonds is 7. The molecule has 2 N–H and O–H groups in total. The van der Waals surface area contributed by atoms with E-state index in [1.54, 1.807) is 28.4 Å². The molecule has 8 heteroatoms. The van der Waals surface area contributed by atoms with Gasteiger partial charge in [0.1, 0.15) is 11.3 Å². The number of halogens is 1. The summed E-state index contributed by atoms with van der Waals surface area (Å²) in [7, 11) is 6.53. The van der Waals surface area contributed by atoms with E-state index in [2.05, 4.69) is 28.6 Å². The quantitative estimate of drug-likeness (QED) is 0.273. The highest BCUT2D eigenvalue weighted by atomic mass is 127. The van der Waals surface area contributed by atoms with Gasteiger partial charge in [-0.1, -0.05) is 18.2 Å². The van der Waals surface area contributed by atoms with Crippen LogP contribution in [-0.4, -0.2) is 34.3 Å². The van der Waals surface area contributed by atoms with Crippen molar-refractivity contribution in [1.29, 1.82) is 0 Å². The third-order valence-corrected chi connectivity index (χ3v) is 4.81. The topological polar surface area (TPSA) is 77.3 Å². The minimum atomic E-state index is 0. The van der Waals surface area contributed by atoms with Crippen LogP contribution in [0.2, 0.25) is 0 Å². The lowest BCUT2D eigenvalue weighted by Crippen LogP contribution is -2.36. The third kappa shape index (κ3) is 4.92. The van der Waals surface area contributed by atoms with Crippen molar-refractivity contribution in [3.8, 4) is 17.2 Å². The number of aryl methyl sites for hydroxylation is 1. The van der Waals surface area contributed by atoms with Crippen molar-refractivity contribution in [3.63, 3.8) is 0 Å². The molecule has 2 aromatic carbocycles. The van der Waals surface area contributed by atoms with Gasteiger partial charge in [-0.3, -0.25) is 4.99 Å². The number of nitrogens with zero attached hydrogens (tertiary/aromatic N) is 1. The zero-order valence-corrected chi connectivity index (χ0v) is 20.2. The summed E-state index contributed by atoms with van der Waals surface area (Å²) in [5.41, 5.74) is 2.94. The van der Waals surface area contributed by atoms with Crippen molar-refractivity contribution >= 4 is 40.9 Å². The van der Waals surface area contributed by atoms with Gasteiger partial charge in [0, 0.05) is 30.1 Å². The molecule has 30 heavy (non-hydrogen) atoms. The molecule has 0 atom stereocenters. The summed E-state index contributed by atoms with van der Waals surface area (Å²) in [4.78, 5) is 4.29. The number of nitrogens with one attached hydrogen (secondary N) is 2. The second-order valence-electron chi connectivity index (χ2n) is 6.42. The van der Waals surface area contributed by atoms with Crippen LogP contribution in [0.25, 0.3) is 11.0 Å². The Morgan fingerprint density at radius 3 is 2.27 bits per heavy atom. The fourth-order valence-corrected chi connectivity index (χ4v) is 3.26. The first kappa shape index (κ1) is 23.7. The van der Waals surface area contributed by atoms with Gasteiger partial charge >= 0.3 is 0 Å². The smallest absolute Gasteiger partial charge is 0.203 e. The molecule has 0 amide bonds. The number of benzene rings is 2. The molecule has 7 nitrogen and oxygen atoms in total. The van der Waals surface area contributed by atoms with Gasteiger partial charge in [0.25, 0.3) is 0 Å². The minimum absolute atomic E-state index is 0. The Morgan fingerprint density at radius 1 is 0.933 bits per heavy atom. The monoisotopic (exact) mass is 525 g/mol. The van der Waals surface area contributed by atoms with E-state index < -0.39 is 0 Å². The molecular weight excluding hydrogens is 497 g/mol. The lowest BCUT2D eigenvalue weighted by Gasteiger charge is -2.17. The molecule has 0 saturated carbocycles. The molecule has 0 aliphatic heterocycles. The standard InChI is InChI=1S/C22H27N3O4.HI/c1-14-16-8-6-7-9-17(16)29-19(14)13-25-22(23-2)24-12-15-10-11-18(26-3)21(28-5)20(15)27-4;/h6-11H,12-13H2,1-5H3,(H2,23,24,25);1H. The Hall–Kier alpha value is -2.62. The molecule has 3 rings (SSSR count). The van der Waals surface area contributed by atoms with Crippen molar-refractivity contribution < 1.29 is 18.6 Å². The van der Waals surface area contributed by atoms with Gasteiger partial charge < -0.3 is 29.3 Å². The number of methoxy groups -OCH3 is 3. The summed E-state index contributed by atoms with van der Waals surface area (Å²) >= 11 is 0. The zero-order valence-electron chi connectivity index (χ0n) is 17.9. The Labute approximate surface area is 193 Å². The largest absolute Gasteiger partial charge is 0.493 e. The molecule has 0 spiro atoms. The SMILES string of the molecule is CN=C(NCc1ccc(OC)c(OC)c1OC)NCc1oc2ccccc2c1C.I. The van der Waals surface area contributed by atoms with Crippen LogP contribution in [0, 0.1) is 6.92 Å². The fourth-order valence-electron chi connectivity index (χ4n) is 3.26. The van der Waals surface area contributed by atoms with Crippen molar-refractivity contribution in [2.45, 2.75) is 20.0 Å². The zero-order chi connectivity index (χ0) is 20.8. The Bertz CT molecular complexity index is 1020. The van der Waals surface area contributed by atoms with E-state index in [0.29, 0.717) is 36.3 Å². The van der Waals surface area contributed by atoms with E-state index in [4.69, 9.17) is 18.6 Å². The van der Waals surface area contributed by atoms with E-state index in [0.717, 1.165) is 27.9 Å². The van der Waals surface area contributed by atoms with Crippen LogP contribution in [0.1, 0.15) is 16.9 Å². The first-order valence-electron chi connectivity index (χ1n) is 9.32. The minimum Gasteiger partial charge on any atom is -0.493 e. The van der Waals surface area contributed by atoms with Crippen molar-refractivity contribution in [1.82, 2.24) is 10.6 Å². The molecule has 1 heterocycles. The molecule has 0 aliphatic carbocycles. The average molecular weight is 525 g/mol. The van der Waals surface area contributed by atoms with Gasteiger partial charge in [0.05, 0.1) is 27.9 Å².